The second-order valence-electron chi connectivity index (χ2n) is 4.10. The van der Waals surface area contributed by atoms with Crippen molar-refractivity contribution >= 4 is 15.9 Å². The standard InChI is InChI=1S/C11H15BrN2O/c1-8(2)14-6-10(7-14)15-11-4-3-9(12)5-13-11/h3-5,8,10H,6-7H2,1-2H3. The van der Waals surface area contributed by atoms with Crippen LogP contribution in [0.15, 0.2) is 22.8 Å². The molecular weight excluding hydrogens is 256 g/mol. The average molecular weight is 271 g/mol. The number of aromatic nitrogens is 1. The van der Waals surface area contributed by atoms with Crippen molar-refractivity contribution in [2.45, 2.75) is 26.0 Å². The fraction of sp³-hybridized carbons (Fsp3) is 0.545. The third-order valence-corrected chi connectivity index (χ3v) is 3.06. The summed E-state index contributed by atoms with van der Waals surface area (Å²) < 4.78 is 6.69. The lowest BCUT2D eigenvalue weighted by atomic mass is 10.1. The minimum atomic E-state index is 0.307. The summed E-state index contributed by atoms with van der Waals surface area (Å²) in [6, 6.07) is 4.45. The lowest BCUT2D eigenvalue weighted by Gasteiger charge is -2.41. The van der Waals surface area contributed by atoms with Gasteiger partial charge in [-0.3, -0.25) is 4.90 Å². The van der Waals surface area contributed by atoms with Crippen molar-refractivity contribution in [3.63, 3.8) is 0 Å². The fourth-order valence-corrected chi connectivity index (χ4v) is 1.80. The molecule has 1 saturated heterocycles. The van der Waals surface area contributed by atoms with E-state index in [1.54, 1.807) is 6.20 Å². The third kappa shape index (κ3) is 2.69. The van der Waals surface area contributed by atoms with Crippen LogP contribution in [0.3, 0.4) is 0 Å². The minimum absolute atomic E-state index is 0.307. The number of likely N-dealkylation sites (tertiary alicyclic amines) is 1. The molecule has 0 saturated carbocycles. The Labute approximate surface area is 98.6 Å². The van der Waals surface area contributed by atoms with Gasteiger partial charge in [-0.2, -0.15) is 0 Å². The van der Waals surface area contributed by atoms with Gasteiger partial charge in [-0.05, 0) is 35.8 Å². The van der Waals surface area contributed by atoms with Crippen molar-refractivity contribution in [1.82, 2.24) is 9.88 Å². The Morgan fingerprint density at radius 1 is 1.47 bits per heavy atom. The van der Waals surface area contributed by atoms with Crippen LogP contribution >= 0.6 is 15.9 Å². The number of nitrogens with zero attached hydrogens (tertiary/aromatic N) is 2. The summed E-state index contributed by atoms with van der Waals surface area (Å²) in [7, 11) is 0. The molecule has 0 amide bonds. The molecule has 1 aromatic heterocycles. The summed E-state index contributed by atoms with van der Waals surface area (Å²) >= 11 is 3.35. The Kier molecular flexibility index (Phi) is 3.26. The first-order chi connectivity index (χ1) is 7.15. The van der Waals surface area contributed by atoms with Crippen LogP contribution in [-0.4, -0.2) is 35.1 Å². The largest absolute Gasteiger partial charge is 0.472 e. The van der Waals surface area contributed by atoms with Gasteiger partial charge in [-0.15, -0.1) is 0 Å². The zero-order valence-corrected chi connectivity index (χ0v) is 10.6. The molecule has 0 aromatic carbocycles. The average Bonchev–Trinajstić information content (AvgIpc) is 2.13. The topological polar surface area (TPSA) is 25.4 Å². The van der Waals surface area contributed by atoms with Crippen molar-refractivity contribution in [2.24, 2.45) is 0 Å². The van der Waals surface area contributed by atoms with Crippen molar-refractivity contribution in [1.29, 1.82) is 0 Å². The van der Waals surface area contributed by atoms with Gasteiger partial charge in [0.2, 0.25) is 5.88 Å². The predicted molar refractivity (Wildman–Crippen MR) is 63.1 cm³/mol. The molecule has 82 valence electrons. The van der Waals surface area contributed by atoms with Crippen LogP contribution in [0.25, 0.3) is 0 Å². The molecule has 1 aliphatic rings. The summed E-state index contributed by atoms with van der Waals surface area (Å²) in [4.78, 5) is 6.56. The molecule has 2 heterocycles. The number of rotatable bonds is 3. The second kappa shape index (κ2) is 4.49. The van der Waals surface area contributed by atoms with Crippen LogP contribution in [0.5, 0.6) is 5.88 Å². The highest BCUT2D eigenvalue weighted by Gasteiger charge is 2.30. The number of ether oxygens (including phenoxy) is 1. The van der Waals surface area contributed by atoms with Crippen LogP contribution in [-0.2, 0) is 0 Å². The first-order valence-electron chi connectivity index (χ1n) is 5.17. The zero-order valence-electron chi connectivity index (χ0n) is 8.98. The van der Waals surface area contributed by atoms with Crippen LogP contribution < -0.4 is 4.74 Å². The summed E-state index contributed by atoms with van der Waals surface area (Å²) in [5, 5.41) is 0. The Balaban J connectivity index is 1.82. The van der Waals surface area contributed by atoms with E-state index in [-0.39, 0.29) is 0 Å². The number of pyridine rings is 1. The van der Waals surface area contributed by atoms with E-state index in [0.29, 0.717) is 18.0 Å². The number of halogens is 1. The Morgan fingerprint density at radius 2 is 2.20 bits per heavy atom. The quantitative estimate of drug-likeness (QED) is 0.843. The van der Waals surface area contributed by atoms with Gasteiger partial charge in [0.15, 0.2) is 0 Å². The van der Waals surface area contributed by atoms with E-state index < -0.39 is 0 Å². The molecule has 2 rings (SSSR count). The van der Waals surface area contributed by atoms with Gasteiger partial charge in [0.25, 0.3) is 0 Å². The monoisotopic (exact) mass is 270 g/mol. The molecule has 0 unspecified atom stereocenters. The van der Waals surface area contributed by atoms with Gasteiger partial charge >= 0.3 is 0 Å². The van der Waals surface area contributed by atoms with E-state index in [1.807, 2.05) is 12.1 Å². The maximum atomic E-state index is 5.71. The lowest BCUT2D eigenvalue weighted by Crippen LogP contribution is -2.56. The first-order valence-corrected chi connectivity index (χ1v) is 5.96. The van der Waals surface area contributed by atoms with Gasteiger partial charge in [0, 0.05) is 35.9 Å². The molecule has 1 fully saturated rings. The van der Waals surface area contributed by atoms with Crippen molar-refractivity contribution in [3.05, 3.63) is 22.8 Å². The molecule has 0 bridgehead atoms. The van der Waals surface area contributed by atoms with Gasteiger partial charge in [0.1, 0.15) is 6.10 Å². The van der Waals surface area contributed by atoms with Crippen molar-refractivity contribution in [2.75, 3.05) is 13.1 Å². The van der Waals surface area contributed by atoms with Crippen LogP contribution in [0.4, 0.5) is 0 Å². The summed E-state index contributed by atoms with van der Waals surface area (Å²) in [6.45, 7) is 6.42. The molecular formula is C11H15BrN2O. The first kappa shape index (κ1) is 10.9. The fourth-order valence-electron chi connectivity index (χ4n) is 1.57. The molecule has 3 nitrogen and oxygen atoms in total. The normalized spacial score (nSPS) is 17.9. The molecule has 0 radical (unpaired) electrons. The molecule has 1 aliphatic heterocycles. The number of hydrogen-bond donors (Lipinski definition) is 0. The van der Waals surface area contributed by atoms with E-state index in [1.165, 1.54) is 0 Å². The Morgan fingerprint density at radius 3 is 2.73 bits per heavy atom. The summed E-state index contributed by atoms with van der Waals surface area (Å²) in [5.41, 5.74) is 0. The minimum Gasteiger partial charge on any atom is -0.472 e. The van der Waals surface area contributed by atoms with E-state index in [2.05, 4.69) is 39.7 Å². The SMILES string of the molecule is CC(C)N1CC(Oc2ccc(Br)cn2)C1. The van der Waals surface area contributed by atoms with E-state index in [4.69, 9.17) is 4.74 Å². The van der Waals surface area contributed by atoms with Crippen LogP contribution in [0.2, 0.25) is 0 Å². The van der Waals surface area contributed by atoms with Gasteiger partial charge in [-0.1, -0.05) is 0 Å². The highest BCUT2D eigenvalue weighted by Crippen LogP contribution is 2.19. The second-order valence-corrected chi connectivity index (χ2v) is 5.02. The van der Waals surface area contributed by atoms with E-state index >= 15 is 0 Å². The van der Waals surface area contributed by atoms with E-state index in [9.17, 15) is 0 Å². The Bertz CT molecular complexity index is 320. The van der Waals surface area contributed by atoms with Crippen molar-refractivity contribution < 1.29 is 4.74 Å². The highest BCUT2D eigenvalue weighted by molar-refractivity contribution is 9.10. The van der Waals surface area contributed by atoms with E-state index in [0.717, 1.165) is 17.6 Å². The predicted octanol–water partition coefficient (Wildman–Crippen LogP) is 2.32. The molecule has 0 atom stereocenters. The zero-order chi connectivity index (χ0) is 10.8. The van der Waals surface area contributed by atoms with Gasteiger partial charge in [-0.25, -0.2) is 4.98 Å². The molecule has 15 heavy (non-hydrogen) atoms. The van der Waals surface area contributed by atoms with Gasteiger partial charge in [0.05, 0.1) is 0 Å². The molecule has 0 aliphatic carbocycles. The third-order valence-electron chi connectivity index (χ3n) is 2.59. The Hall–Kier alpha value is -0.610. The maximum Gasteiger partial charge on any atom is 0.213 e. The maximum absolute atomic E-state index is 5.71. The lowest BCUT2D eigenvalue weighted by molar-refractivity contribution is -0.00228. The molecule has 0 spiro atoms. The smallest absolute Gasteiger partial charge is 0.213 e. The van der Waals surface area contributed by atoms with Crippen LogP contribution in [0, 0.1) is 0 Å². The highest BCUT2D eigenvalue weighted by atomic mass is 79.9. The molecule has 0 N–H and O–H groups in total. The molecule has 4 heteroatoms. The van der Waals surface area contributed by atoms with Crippen LogP contribution in [0.1, 0.15) is 13.8 Å². The number of hydrogen-bond acceptors (Lipinski definition) is 3. The summed E-state index contributed by atoms with van der Waals surface area (Å²) in [5.74, 6) is 0.714. The molecule has 1 aromatic rings. The van der Waals surface area contributed by atoms with Crippen molar-refractivity contribution in [3.8, 4) is 5.88 Å². The van der Waals surface area contributed by atoms with Gasteiger partial charge < -0.3 is 4.74 Å². The summed E-state index contributed by atoms with van der Waals surface area (Å²) in [6.07, 6.45) is 2.06.